The van der Waals surface area contributed by atoms with E-state index < -0.39 is 10.9 Å². The number of rotatable bonds is 9. The molecule has 154 valence electrons. The van der Waals surface area contributed by atoms with Gasteiger partial charge in [-0.3, -0.25) is 10.1 Å². The smallest absolute Gasteiger partial charge is 0.338 e. The Balaban J connectivity index is 1.62. The van der Waals surface area contributed by atoms with Gasteiger partial charge in [0.2, 0.25) is 0 Å². The van der Waals surface area contributed by atoms with Gasteiger partial charge in [0, 0.05) is 18.3 Å². The van der Waals surface area contributed by atoms with Gasteiger partial charge in [0.15, 0.2) is 0 Å². The van der Waals surface area contributed by atoms with Crippen LogP contribution in [0.3, 0.4) is 0 Å². The molecule has 8 nitrogen and oxygen atoms in total. The molecule has 0 amide bonds. The van der Waals surface area contributed by atoms with Crippen LogP contribution in [-0.4, -0.2) is 18.0 Å². The van der Waals surface area contributed by atoms with Crippen molar-refractivity contribution < 1.29 is 19.2 Å². The molecule has 0 radical (unpaired) electrons. The van der Waals surface area contributed by atoms with Crippen molar-refractivity contribution in [2.45, 2.75) is 13.2 Å². The SMILES string of the molecule is COC(=O)c1cccc([N+](=O)[O-])c1COc1ccc(CNNc2ccccc2)cc1. The summed E-state index contributed by atoms with van der Waals surface area (Å²) in [6.45, 7) is 0.459. The highest BCUT2D eigenvalue weighted by Gasteiger charge is 2.22. The fraction of sp³-hybridized carbons (Fsp3) is 0.136. The van der Waals surface area contributed by atoms with Gasteiger partial charge in [-0.15, -0.1) is 0 Å². The Kier molecular flexibility index (Phi) is 6.96. The number of nitro benzene ring substituents is 1. The van der Waals surface area contributed by atoms with Crippen molar-refractivity contribution in [3.05, 3.63) is 99.6 Å². The van der Waals surface area contributed by atoms with E-state index >= 15 is 0 Å². The van der Waals surface area contributed by atoms with Gasteiger partial charge in [0.05, 0.1) is 23.2 Å². The zero-order chi connectivity index (χ0) is 21.3. The lowest BCUT2D eigenvalue weighted by Crippen LogP contribution is -2.20. The Morgan fingerprint density at radius 3 is 2.40 bits per heavy atom. The van der Waals surface area contributed by atoms with E-state index in [-0.39, 0.29) is 23.4 Å². The molecule has 0 bridgehead atoms. The zero-order valence-electron chi connectivity index (χ0n) is 16.3. The van der Waals surface area contributed by atoms with E-state index in [1.165, 1.54) is 25.3 Å². The van der Waals surface area contributed by atoms with Gasteiger partial charge < -0.3 is 14.9 Å². The number of ether oxygens (including phenoxy) is 2. The van der Waals surface area contributed by atoms with Gasteiger partial charge in [0.25, 0.3) is 5.69 Å². The lowest BCUT2D eigenvalue weighted by atomic mass is 10.1. The summed E-state index contributed by atoms with van der Waals surface area (Å²) in [4.78, 5) is 22.7. The van der Waals surface area contributed by atoms with Crippen molar-refractivity contribution >= 4 is 17.3 Å². The molecule has 0 saturated carbocycles. The quantitative estimate of drug-likeness (QED) is 0.313. The maximum absolute atomic E-state index is 12.0. The first-order chi connectivity index (χ1) is 14.6. The van der Waals surface area contributed by atoms with Crippen molar-refractivity contribution in [2.75, 3.05) is 12.5 Å². The maximum Gasteiger partial charge on any atom is 0.338 e. The van der Waals surface area contributed by atoms with Crippen LogP contribution in [0.25, 0.3) is 0 Å². The molecule has 2 N–H and O–H groups in total. The topological polar surface area (TPSA) is 103 Å². The lowest BCUT2D eigenvalue weighted by molar-refractivity contribution is -0.385. The van der Waals surface area contributed by atoms with Gasteiger partial charge in [-0.2, -0.15) is 0 Å². The molecule has 0 aliphatic heterocycles. The third-order valence-electron chi connectivity index (χ3n) is 4.36. The number of esters is 1. The Morgan fingerprint density at radius 2 is 1.73 bits per heavy atom. The van der Waals surface area contributed by atoms with Crippen LogP contribution >= 0.6 is 0 Å². The van der Waals surface area contributed by atoms with Gasteiger partial charge in [-0.25, -0.2) is 10.2 Å². The molecule has 0 unspecified atom stereocenters. The average molecular weight is 407 g/mol. The highest BCUT2D eigenvalue weighted by Crippen LogP contribution is 2.25. The summed E-state index contributed by atoms with van der Waals surface area (Å²) in [5.41, 5.74) is 8.31. The van der Waals surface area contributed by atoms with Crippen molar-refractivity contribution in [1.82, 2.24) is 5.43 Å². The third-order valence-corrected chi connectivity index (χ3v) is 4.36. The minimum absolute atomic E-state index is 0.111. The molecule has 0 heterocycles. The number of nitrogens with one attached hydrogen (secondary N) is 2. The number of para-hydroxylation sites is 1. The third kappa shape index (κ3) is 5.33. The number of nitro groups is 1. The molecule has 3 aromatic carbocycles. The second kappa shape index (κ2) is 10.0. The van der Waals surface area contributed by atoms with Gasteiger partial charge >= 0.3 is 5.97 Å². The largest absolute Gasteiger partial charge is 0.489 e. The Morgan fingerprint density at radius 1 is 1.00 bits per heavy atom. The van der Waals surface area contributed by atoms with E-state index in [1.54, 1.807) is 12.1 Å². The molecular weight excluding hydrogens is 386 g/mol. The second-order valence-corrected chi connectivity index (χ2v) is 6.33. The molecule has 30 heavy (non-hydrogen) atoms. The molecule has 3 aromatic rings. The predicted molar refractivity (Wildman–Crippen MR) is 112 cm³/mol. The number of carbonyl (C=O) groups excluding carboxylic acids is 1. The Hall–Kier alpha value is -3.91. The number of hydrogen-bond donors (Lipinski definition) is 2. The minimum Gasteiger partial charge on any atom is -0.489 e. The highest BCUT2D eigenvalue weighted by molar-refractivity contribution is 5.92. The van der Waals surface area contributed by atoms with Crippen LogP contribution in [0.5, 0.6) is 5.75 Å². The van der Waals surface area contributed by atoms with Crippen molar-refractivity contribution in [1.29, 1.82) is 0 Å². The molecule has 0 saturated heterocycles. The van der Waals surface area contributed by atoms with Crippen LogP contribution in [0.2, 0.25) is 0 Å². The minimum atomic E-state index is -0.648. The van der Waals surface area contributed by atoms with Gasteiger partial charge in [-0.05, 0) is 35.9 Å². The maximum atomic E-state index is 12.0. The van der Waals surface area contributed by atoms with E-state index in [4.69, 9.17) is 9.47 Å². The van der Waals surface area contributed by atoms with E-state index in [0.717, 1.165) is 11.3 Å². The number of methoxy groups -OCH3 is 1. The molecule has 0 aliphatic rings. The molecule has 0 atom stereocenters. The summed E-state index contributed by atoms with van der Waals surface area (Å²) in [5.74, 6) is -0.117. The standard InChI is InChI=1S/C22H21N3O5/c1-29-22(26)19-8-5-9-21(25(27)28)20(19)15-30-18-12-10-16(11-13-18)14-23-24-17-6-3-2-4-7-17/h2-13,23-24H,14-15H2,1H3. The molecule has 0 spiro atoms. The van der Waals surface area contributed by atoms with Gasteiger partial charge in [0.1, 0.15) is 12.4 Å². The van der Waals surface area contributed by atoms with Crippen LogP contribution in [0.1, 0.15) is 21.5 Å². The number of hydrazine groups is 1. The number of hydrogen-bond acceptors (Lipinski definition) is 7. The highest BCUT2D eigenvalue weighted by atomic mass is 16.6. The first kappa shape index (κ1) is 20.8. The lowest BCUT2D eigenvalue weighted by Gasteiger charge is -2.11. The van der Waals surface area contributed by atoms with Crippen molar-refractivity contribution in [3.8, 4) is 5.75 Å². The monoisotopic (exact) mass is 407 g/mol. The Labute approximate surface area is 173 Å². The van der Waals surface area contributed by atoms with E-state index in [9.17, 15) is 14.9 Å². The number of benzene rings is 3. The predicted octanol–water partition coefficient (Wildman–Crippen LogP) is 4.08. The normalized spacial score (nSPS) is 10.3. The number of carbonyl (C=O) groups is 1. The van der Waals surface area contributed by atoms with Crippen LogP contribution in [0, 0.1) is 10.1 Å². The van der Waals surface area contributed by atoms with E-state index in [2.05, 4.69) is 10.9 Å². The fourth-order valence-corrected chi connectivity index (χ4v) is 2.83. The molecule has 8 heteroatoms. The second-order valence-electron chi connectivity index (χ2n) is 6.33. The molecular formula is C22H21N3O5. The van der Waals surface area contributed by atoms with Crippen LogP contribution in [0.15, 0.2) is 72.8 Å². The first-order valence-corrected chi connectivity index (χ1v) is 9.18. The first-order valence-electron chi connectivity index (χ1n) is 9.18. The van der Waals surface area contributed by atoms with Gasteiger partial charge in [-0.1, -0.05) is 36.4 Å². The number of nitrogens with zero attached hydrogens (tertiary/aromatic N) is 1. The summed E-state index contributed by atoms with van der Waals surface area (Å²) < 4.78 is 10.4. The molecule has 3 rings (SSSR count). The molecule has 0 fully saturated rings. The van der Waals surface area contributed by atoms with Crippen LogP contribution in [0.4, 0.5) is 11.4 Å². The summed E-state index contributed by atoms with van der Waals surface area (Å²) >= 11 is 0. The van der Waals surface area contributed by atoms with Crippen LogP contribution in [-0.2, 0) is 17.9 Å². The van der Waals surface area contributed by atoms with Crippen LogP contribution < -0.4 is 15.6 Å². The van der Waals surface area contributed by atoms with E-state index in [1.807, 2.05) is 42.5 Å². The van der Waals surface area contributed by atoms with Crippen molar-refractivity contribution in [3.63, 3.8) is 0 Å². The summed E-state index contributed by atoms with van der Waals surface area (Å²) in [6, 6.07) is 21.3. The molecule has 0 aliphatic carbocycles. The molecule has 0 aromatic heterocycles. The number of anilines is 1. The Bertz CT molecular complexity index is 1010. The van der Waals surface area contributed by atoms with Crippen molar-refractivity contribution in [2.24, 2.45) is 0 Å². The fourth-order valence-electron chi connectivity index (χ4n) is 2.83. The summed E-state index contributed by atoms with van der Waals surface area (Å²) in [6.07, 6.45) is 0. The summed E-state index contributed by atoms with van der Waals surface area (Å²) in [7, 11) is 1.23. The van der Waals surface area contributed by atoms with E-state index in [0.29, 0.717) is 12.3 Å². The average Bonchev–Trinajstić information content (AvgIpc) is 2.78. The zero-order valence-corrected chi connectivity index (χ0v) is 16.3. The summed E-state index contributed by atoms with van der Waals surface area (Å²) in [5, 5.41) is 11.3.